The molecule has 0 radical (unpaired) electrons. The normalized spacial score (nSPS) is 37.2. The van der Waals surface area contributed by atoms with Gasteiger partial charge in [0.15, 0.2) is 0 Å². The van der Waals surface area contributed by atoms with Crippen molar-refractivity contribution in [1.29, 1.82) is 5.26 Å². The highest BCUT2D eigenvalue weighted by Crippen LogP contribution is 2.45. The van der Waals surface area contributed by atoms with Gasteiger partial charge in [-0.1, -0.05) is 19.1 Å². The van der Waals surface area contributed by atoms with E-state index >= 15 is 0 Å². The van der Waals surface area contributed by atoms with Crippen molar-refractivity contribution >= 4 is 5.91 Å². The molecule has 1 amide bonds. The fraction of sp³-hybridized carbons (Fsp3) is 0.692. The third kappa shape index (κ3) is 1.97. The third-order valence-corrected chi connectivity index (χ3v) is 3.65. The first-order valence-corrected chi connectivity index (χ1v) is 6.03. The van der Waals surface area contributed by atoms with Crippen molar-refractivity contribution in [2.24, 2.45) is 11.3 Å². The number of nitrogens with zero attached hydrogens (tertiary/aromatic N) is 1. The second-order valence-electron chi connectivity index (χ2n) is 5.16. The van der Waals surface area contributed by atoms with Crippen molar-refractivity contribution in [3.8, 4) is 6.07 Å². The van der Waals surface area contributed by atoms with Gasteiger partial charge in [0, 0.05) is 6.04 Å². The number of carbonyl (C=O) groups excluding carboxylic acids is 1. The molecule has 0 aliphatic heterocycles. The Kier molecular flexibility index (Phi) is 3.00. The van der Waals surface area contributed by atoms with Crippen LogP contribution < -0.4 is 5.32 Å². The van der Waals surface area contributed by atoms with Gasteiger partial charge in [0.25, 0.3) is 0 Å². The Labute approximate surface area is 96.5 Å². The van der Waals surface area contributed by atoms with Crippen molar-refractivity contribution in [1.82, 2.24) is 5.32 Å². The van der Waals surface area contributed by atoms with Crippen LogP contribution in [0.4, 0.5) is 0 Å². The SMILES string of the molecule is CC1CC(C#N)(C(=O)NC2CC=CCC2)C1. The molecular weight excluding hydrogens is 200 g/mol. The van der Waals surface area contributed by atoms with Crippen LogP contribution in [0.1, 0.15) is 39.0 Å². The fourth-order valence-electron chi connectivity index (χ4n) is 2.71. The lowest BCUT2D eigenvalue weighted by Gasteiger charge is -2.40. The minimum atomic E-state index is -0.722. The van der Waals surface area contributed by atoms with Crippen LogP contribution in [-0.4, -0.2) is 11.9 Å². The maximum atomic E-state index is 12.0. The summed E-state index contributed by atoms with van der Waals surface area (Å²) in [6.45, 7) is 2.09. The first-order chi connectivity index (χ1) is 7.66. The molecule has 16 heavy (non-hydrogen) atoms. The molecule has 0 aromatic rings. The van der Waals surface area contributed by atoms with Crippen LogP contribution in [-0.2, 0) is 4.79 Å². The first-order valence-electron chi connectivity index (χ1n) is 6.03. The average Bonchev–Trinajstić information content (AvgIpc) is 2.25. The van der Waals surface area contributed by atoms with Gasteiger partial charge in [-0.2, -0.15) is 5.26 Å². The molecule has 0 saturated heterocycles. The summed E-state index contributed by atoms with van der Waals surface area (Å²) in [4.78, 5) is 12.0. The summed E-state index contributed by atoms with van der Waals surface area (Å²) < 4.78 is 0. The molecule has 2 aliphatic rings. The fourth-order valence-corrected chi connectivity index (χ4v) is 2.71. The molecule has 0 aromatic heterocycles. The Morgan fingerprint density at radius 1 is 1.50 bits per heavy atom. The van der Waals surface area contributed by atoms with Gasteiger partial charge in [-0.15, -0.1) is 0 Å². The van der Waals surface area contributed by atoms with Crippen LogP contribution in [0.2, 0.25) is 0 Å². The van der Waals surface area contributed by atoms with Gasteiger partial charge in [0.2, 0.25) is 5.91 Å². The number of hydrogen-bond donors (Lipinski definition) is 1. The number of hydrogen-bond acceptors (Lipinski definition) is 2. The summed E-state index contributed by atoms with van der Waals surface area (Å²) in [5, 5.41) is 12.1. The van der Waals surface area contributed by atoms with Gasteiger partial charge in [-0.3, -0.25) is 4.79 Å². The van der Waals surface area contributed by atoms with Gasteiger partial charge in [0.1, 0.15) is 5.41 Å². The van der Waals surface area contributed by atoms with E-state index in [1.807, 2.05) is 0 Å². The summed E-state index contributed by atoms with van der Waals surface area (Å²) in [7, 11) is 0. The zero-order valence-corrected chi connectivity index (χ0v) is 9.70. The number of nitrogens with one attached hydrogen (secondary N) is 1. The van der Waals surface area contributed by atoms with E-state index in [2.05, 4.69) is 30.5 Å². The summed E-state index contributed by atoms with van der Waals surface area (Å²) in [6.07, 6.45) is 8.63. The van der Waals surface area contributed by atoms with Gasteiger partial charge in [-0.25, -0.2) is 0 Å². The van der Waals surface area contributed by atoms with Gasteiger partial charge in [0.05, 0.1) is 6.07 Å². The average molecular weight is 218 g/mol. The molecule has 2 aliphatic carbocycles. The predicted octanol–water partition coefficient (Wildman–Crippen LogP) is 2.15. The molecule has 1 fully saturated rings. The van der Waals surface area contributed by atoms with Crippen molar-refractivity contribution < 1.29 is 4.79 Å². The monoisotopic (exact) mass is 218 g/mol. The molecule has 1 unspecified atom stereocenters. The highest BCUT2D eigenvalue weighted by atomic mass is 16.2. The molecular formula is C13H18N2O. The minimum absolute atomic E-state index is 0.0478. The Morgan fingerprint density at radius 3 is 2.75 bits per heavy atom. The Bertz CT molecular complexity index is 347. The van der Waals surface area contributed by atoms with Crippen LogP contribution in [0.5, 0.6) is 0 Å². The highest BCUT2D eigenvalue weighted by Gasteiger charge is 2.49. The molecule has 0 heterocycles. The maximum absolute atomic E-state index is 12.0. The lowest BCUT2D eigenvalue weighted by atomic mass is 9.63. The Morgan fingerprint density at radius 2 is 2.25 bits per heavy atom. The maximum Gasteiger partial charge on any atom is 0.240 e. The minimum Gasteiger partial charge on any atom is -0.352 e. The number of amides is 1. The largest absolute Gasteiger partial charge is 0.352 e. The second-order valence-corrected chi connectivity index (χ2v) is 5.16. The summed E-state index contributed by atoms with van der Waals surface area (Å²) in [5.74, 6) is 0.463. The first kappa shape index (κ1) is 11.2. The van der Waals surface area contributed by atoms with Crippen molar-refractivity contribution in [3.05, 3.63) is 12.2 Å². The molecule has 0 bridgehead atoms. The number of carbonyl (C=O) groups is 1. The van der Waals surface area contributed by atoms with E-state index < -0.39 is 5.41 Å². The van der Waals surface area contributed by atoms with Gasteiger partial charge in [-0.05, 0) is 38.0 Å². The van der Waals surface area contributed by atoms with E-state index in [-0.39, 0.29) is 11.9 Å². The molecule has 1 atom stereocenters. The topological polar surface area (TPSA) is 52.9 Å². The Balaban J connectivity index is 1.92. The third-order valence-electron chi connectivity index (χ3n) is 3.65. The van der Waals surface area contributed by atoms with Gasteiger partial charge >= 0.3 is 0 Å². The van der Waals surface area contributed by atoms with Crippen LogP contribution in [0.25, 0.3) is 0 Å². The number of nitriles is 1. The summed E-state index contributed by atoms with van der Waals surface area (Å²) >= 11 is 0. The zero-order valence-electron chi connectivity index (χ0n) is 9.70. The number of rotatable bonds is 2. The molecule has 2 rings (SSSR count). The lowest BCUT2D eigenvalue weighted by molar-refractivity contribution is -0.134. The van der Waals surface area contributed by atoms with Crippen molar-refractivity contribution in [2.45, 2.75) is 45.1 Å². The van der Waals surface area contributed by atoms with E-state index in [1.165, 1.54) is 0 Å². The Hall–Kier alpha value is -1.30. The van der Waals surface area contributed by atoms with Crippen LogP contribution in [0.3, 0.4) is 0 Å². The quantitative estimate of drug-likeness (QED) is 0.722. The van der Waals surface area contributed by atoms with E-state index in [4.69, 9.17) is 5.26 Å². The zero-order chi connectivity index (χ0) is 11.6. The molecule has 0 aromatic carbocycles. The van der Waals surface area contributed by atoms with Crippen molar-refractivity contribution in [2.75, 3.05) is 0 Å². The van der Waals surface area contributed by atoms with E-state index in [0.717, 1.165) is 32.1 Å². The lowest BCUT2D eigenvalue weighted by Crippen LogP contribution is -2.51. The van der Waals surface area contributed by atoms with Crippen LogP contribution in [0, 0.1) is 22.7 Å². The smallest absolute Gasteiger partial charge is 0.240 e. The van der Waals surface area contributed by atoms with Crippen LogP contribution in [0.15, 0.2) is 12.2 Å². The molecule has 86 valence electrons. The molecule has 3 heteroatoms. The summed E-state index contributed by atoms with van der Waals surface area (Å²) in [6, 6.07) is 2.44. The molecule has 1 saturated carbocycles. The molecule has 3 nitrogen and oxygen atoms in total. The predicted molar refractivity (Wildman–Crippen MR) is 61.4 cm³/mol. The molecule has 0 spiro atoms. The second kappa shape index (κ2) is 4.29. The summed E-state index contributed by atoms with van der Waals surface area (Å²) in [5.41, 5.74) is -0.722. The number of allylic oxidation sites excluding steroid dienone is 1. The van der Waals surface area contributed by atoms with Crippen molar-refractivity contribution in [3.63, 3.8) is 0 Å². The van der Waals surface area contributed by atoms with E-state index in [0.29, 0.717) is 5.92 Å². The molecule has 1 N–H and O–H groups in total. The van der Waals surface area contributed by atoms with Crippen LogP contribution >= 0.6 is 0 Å². The van der Waals surface area contributed by atoms with E-state index in [1.54, 1.807) is 0 Å². The van der Waals surface area contributed by atoms with Gasteiger partial charge < -0.3 is 5.32 Å². The highest BCUT2D eigenvalue weighted by molar-refractivity contribution is 5.86. The van der Waals surface area contributed by atoms with E-state index in [9.17, 15) is 4.79 Å². The standard InChI is InChI=1S/C13H18N2O/c1-10-7-13(8-10,9-14)12(16)15-11-5-3-2-4-6-11/h2-3,10-11H,4-8H2,1H3,(H,15,16).